The molecule has 2 atom stereocenters. The van der Waals surface area contributed by atoms with Crippen molar-refractivity contribution in [3.63, 3.8) is 0 Å². The zero-order chi connectivity index (χ0) is 13.5. The Morgan fingerprint density at radius 1 is 0.900 bits per heavy atom. The molecule has 0 bridgehead atoms. The second-order valence-electron chi connectivity index (χ2n) is 6.55. The number of fused-ring (bicyclic) bond motifs is 1. The zero-order valence-corrected chi connectivity index (χ0v) is 12.0. The van der Waals surface area contributed by atoms with Crippen molar-refractivity contribution >= 4 is 0 Å². The molecule has 4 rings (SSSR count). The van der Waals surface area contributed by atoms with E-state index in [1.165, 1.54) is 31.5 Å². The summed E-state index contributed by atoms with van der Waals surface area (Å²) in [6.45, 7) is 4.63. The number of hydrogen-bond acceptors (Lipinski definition) is 3. The van der Waals surface area contributed by atoms with Crippen LogP contribution in [-0.4, -0.2) is 53.2 Å². The molecule has 1 saturated carbocycles. The van der Waals surface area contributed by atoms with E-state index in [-0.39, 0.29) is 6.10 Å². The molecule has 1 aliphatic heterocycles. The standard InChI is InChI=1S/C17H24N2O/c20-17-15-4-2-1-3-13(15)5-8-16(17)19-11-9-18(10-12-19)14-6-7-14/h1-4,14,16-17,20H,5-12H2. The van der Waals surface area contributed by atoms with E-state index in [1.807, 2.05) is 0 Å². The van der Waals surface area contributed by atoms with E-state index in [2.05, 4.69) is 34.1 Å². The zero-order valence-electron chi connectivity index (χ0n) is 12.0. The van der Waals surface area contributed by atoms with Crippen LogP contribution in [0.3, 0.4) is 0 Å². The Morgan fingerprint density at radius 2 is 1.60 bits per heavy atom. The highest BCUT2D eigenvalue weighted by Gasteiger charge is 2.36. The average Bonchev–Trinajstić information content (AvgIpc) is 3.33. The van der Waals surface area contributed by atoms with Gasteiger partial charge in [0.25, 0.3) is 0 Å². The first-order valence-corrected chi connectivity index (χ1v) is 8.07. The van der Waals surface area contributed by atoms with Crippen molar-refractivity contribution in [1.29, 1.82) is 0 Å². The summed E-state index contributed by atoms with van der Waals surface area (Å²) in [5.74, 6) is 0. The maximum atomic E-state index is 10.7. The molecule has 3 nitrogen and oxygen atoms in total. The van der Waals surface area contributed by atoms with E-state index in [1.54, 1.807) is 0 Å². The van der Waals surface area contributed by atoms with Crippen LogP contribution in [0.15, 0.2) is 24.3 Å². The van der Waals surface area contributed by atoms with Gasteiger partial charge < -0.3 is 5.11 Å². The third-order valence-electron chi connectivity index (χ3n) is 5.33. The molecule has 0 aromatic heterocycles. The van der Waals surface area contributed by atoms with Crippen LogP contribution in [0.1, 0.15) is 36.5 Å². The van der Waals surface area contributed by atoms with Crippen molar-refractivity contribution in [2.45, 2.75) is 43.9 Å². The smallest absolute Gasteiger partial charge is 0.0947 e. The van der Waals surface area contributed by atoms with E-state index >= 15 is 0 Å². The molecule has 0 amide bonds. The Labute approximate surface area is 121 Å². The van der Waals surface area contributed by atoms with Crippen LogP contribution < -0.4 is 0 Å². The van der Waals surface area contributed by atoms with E-state index in [0.717, 1.165) is 37.5 Å². The third-order valence-corrected chi connectivity index (χ3v) is 5.33. The van der Waals surface area contributed by atoms with Gasteiger partial charge in [-0.3, -0.25) is 9.80 Å². The number of nitrogens with zero attached hydrogens (tertiary/aromatic N) is 2. The normalized spacial score (nSPS) is 32.0. The summed E-state index contributed by atoms with van der Waals surface area (Å²) >= 11 is 0. The van der Waals surface area contributed by atoms with Crippen LogP contribution in [0.25, 0.3) is 0 Å². The Balaban J connectivity index is 1.45. The van der Waals surface area contributed by atoms with Crippen LogP contribution in [-0.2, 0) is 6.42 Å². The lowest BCUT2D eigenvalue weighted by atomic mass is 9.85. The fraction of sp³-hybridized carbons (Fsp3) is 0.647. The second kappa shape index (κ2) is 5.14. The molecule has 3 heteroatoms. The molecule has 1 heterocycles. The SMILES string of the molecule is OC1c2ccccc2CCC1N1CCN(C2CC2)CC1. The summed E-state index contributed by atoms with van der Waals surface area (Å²) in [5, 5.41) is 10.7. The summed E-state index contributed by atoms with van der Waals surface area (Å²) in [7, 11) is 0. The maximum absolute atomic E-state index is 10.7. The molecule has 108 valence electrons. The van der Waals surface area contributed by atoms with Crippen LogP contribution >= 0.6 is 0 Å². The molecule has 20 heavy (non-hydrogen) atoms. The van der Waals surface area contributed by atoms with Crippen molar-refractivity contribution in [2.24, 2.45) is 0 Å². The van der Waals surface area contributed by atoms with Crippen LogP contribution in [0, 0.1) is 0 Å². The van der Waals surface area contributed by atoms with Gasteiger partial charge in [-0.2, -0.15) is 0 Å². The highest BCUT2D eigenvalue weighted by molar-refractivity contribution is 5.32. The van der Waals surface area contributed by atoms with Crippen molar-refractivity contribution in [3.05, 3.63) is 35.4 Å². The second-order valence-corrected chi connectivity index (χ2v) is 6.55. The summed E-state index contributed by atoms with van der Waals surface area (Å²) < 4.78 is 0. The lowest BCUT2D eigenvalue weighted by Gasteiger charge is -2.43. The minimum absolute atomic E-state index is 0.299. The van der Waals surface area contributed by atoms with Gasteiger partial charge in [-0.15, -0.1) is 0 Å². The van der Waals surface area contributed by atoms with Gasteiger partial charge in [0.2, 0.25) is 0 Å². The first-order valence-electron chi connectivity index (χ1n) is 8.07. The molecular weight excluding hydrogens is 248 g/mol. The number of hydrogen-bond donors (Lipinski definition) is 1. The molecule has 0 spiro atoms. The number of aliphatic hydroxyl groups excluding tert-OH is 1. The topological polar surface area (TPSA) is 26.7 Å². The minimum Gasteiger partial charge on any atom is -0.387 e. The van der Waals surface area contributed by atoms with Gasteiger partial charge in [-0.25, -0.2) is 0 Å². The summed E-state index contributed by atoms with van der Waals surface area (Å²) in [6.07, 6.45) is 4.72. The largest absolute Gasteiger partial charge is 0.387 e. The summed E-state index contributed by atoms with van der Waals surface area (Å²) in [5.41, 5.74) is 2.50. The van der Waals surface area contributed by atoms with Crippen molar-refractivity contribution < 1.29 is 5.11 Å². The van der Waals surface area contributed by atoms with Gasteiger partial charge in [0.05, 0.1) is 6.10 Å². The van der Waals surface area contributed by atoms with Crippen molar-refractivity contribution in [2.75, 3.05) is 26.2 Å². The van der Waals surface area contributed by atoms with Gasteiger partial charge >= 0.3 is 0 Å². The van der Waals surface area contributed by atoms with E-state index < -0.39 is 0 Å². The molecule has 2 fully saturated rings. The molecule has 3 aliphatic rings. The molecule has 0 radical (unpaired) electrons. The monoisotopic (exact) mass is 272 g/mol. The van der Waals surface area contributed by atoms with E-state index in [0.29, 0.717) is 6.04 Å². The van der Waals surface area contributed by atoms with Crippen molar-refractivity contribution in [1.82, 2.24) is 9.80 Å². The van der Waals surface area contributed by atoms with Crippen LogP contribution in [0.4, 0.5) is 0 Å². The first-order chi connectivity index (χ1) is 9.83. The van der Waals surface area contributed by atoms with Gasteiger partial charge in [0.1, 0.15) is 0 Å². The molecule has 2 aliphatic carbocycles. The Hall–Kier alpha value is -0.900. The predicted octanol–water partition coefficient (Wildman–Crippen LogP) is 1.81. The van der Waals surface area contributed by atoms with Gasteiger partial charge in [-0.1, -0.05) is 24.3 Å². The molecular formula is C17H24N2O. The Kier molecular flexibility index (Phi) is 3.29. The molecule has 1 aromatic rings. The van der Waals surface area contributed by atoms with Gasteiger partial charge in [-0.05, 0) is 36.8 Å². The molecule has 1 N–H and O–H groups in total. The number of rotatable bonds is 2. The highest BCUT2D eigenvalue weighted by Crippen LogP contribution is 2.34. The average molecular weight is 272 g/mol. The fourth-order valence-electron chi connectivity index (χ4n) is 3.98. The molecule has 1 saturated heterocycles. The predicted molar refractivity (Wildman–Crippen MR) is 79.7 cm³/mol. The Morgan fingerprint density at radius 3 is 2.35 bits per heavy atom. The van der Waals surface area contributed by atoms with Gasteiger partial charge in [0, 0.05) is 38.3 Å². The quantitative estimate of drug-likeness (QED) is 0.889. The lowest BCUT2D eigenvalue weighted by molar-refractivity contribution is 0.00694. The Bertz CT molecular complexity index is 478. The summed E-state index contributed by atoms with van der Waals surface area (Å²) in [4.78, 5) is 5.17. The van der Waals surface area contributed by atoms with Crippen molar-refractivity contribution in [3.8, 4) is 0 Å². The maximum Gasteiger partial charge on any atom is 0.0947 e. The molecule has 2 unspecified atom stereocenters. The third kappa shape index (κ3) is 2.28. The highest BCUT2D eigenvalue weighted by atomic mass is 16.3. The number of piperazine rings is 1. The fourth-order valence-corrected chi connectivity index (χ4v) is 3.98. The number of benzene rings is 1. The van der Waals surface area contributed by atoms with Crippen LogP contribution in [0.5, 0.6) is 0 Å². The number of aliphatic hydroxyl groups is 1. The first kappa shape index (κ1) is 12.8. The van der Waals surface area contributed by atoms with E-state index in [4.69, 9.17) is 0 Å². The minimum atomic E-state index is -0.299. The van der Waals surface area contributed by atoms with E-state index in [9.17, 15) is 5.11 Å². The van der Waals surface area contributed by atoms with Crippen LogP contribution in [0.2, 0.25) is 0 Å². The number of aryl methyl sites for hydroxylation is 1. The lowest BCUT2D eigenvalue weighted by Crippen LogP contribution is -2.53. The van der Waals surface area contributed by atoms with Gasteiger partial charge in [0.15, 0.2) is 0 Å². The molecule has 1 aromatic carbocycles. The summed E-state index contributed by atoms with van der Waals surface area (Å²) in [6, 6.07) is 9.61.